The lowest BCUT2D eigenvalue weighted by Gasteiger charge is -2.07. The van der Waals surface area contributed by atoms with Gasteiger partial charge in [-0.3, -0.25) is 4.79 Å². The molecule has 0 amide bonds. The lowest BCUT2D eigenvalue weighted by Crippen LogP contribution is -2.01. The Kier molecular flexibility index (Phi) is 3.91. The van der Waals surface area contributed by atoms with Crippen LogP contribution in [0, 0.1) is 0 Å². The molecule has 0 saturated heterocycles. The van der Waals surface area contributed by atoms with Crippen LogP contribution in [0.2, 0.25) is 0 Å². The van der Waals surface area contributed by atoms with E-state index < -0.39 is 0 Å². The van der Waals surface area contributed by atoms with E-state index in [-0.39, 0.29) is 5.78 Å². The standard InChI is InChI=1S/C21H21NO/c1-5-18(23)20-19-16(14(2)3)12-9-13-17(19)22(4)21(20)15-10-7-6-8-11-15/h6-13H,2,5H2,1,3-4H3. The number of aryl methyl sites for hydroxylation is 1. The van der Waals surface area contributed by atoms with Crippen molar-refractivity contribution in [3.63, 3.8) is 0 Å². The van der Waals surface area contributed by atoms with E-state index in [1.807, 2.05) is 51.2 Å². The summed E-state index contributed by atoms with van der Waals surface area (Å²) < 4.78 is 2.12. The van der Waals surface area contributed by atoms with Crippen LogP contribution in [0.5, 0.6) is 0 Å². The van der Waals surface area contributed by atoms with Crippen molar-refractivity contribution in [3.8, 4) is 11.3 Å². The predicted molar refractivity (Wildman–Crippen MR) is 97.7 cm³/mol. The second-order valence-electron chi connectivity index (χ2n) is 5.91. The van der Waals surface area contributed by atoms with Gasteiger partial charge in [-0.1, -0.05) is 61.5 Å². The number of aromatic nitrogens is 1. The van der Waals surface area contributed by atoms with E-state index in [0.717, 1.165) is 38.9 Å². The fourth-order valence-corrected chi connectivity index (χ4v) is 3.23. The first-order valence-corrected chi connectivity index (χ1v) is 7.92. The Morgan fingerprint density at radius 3 is 2.39 bits per heavy atom. The summed E-state index contributed by atoms with van der Waals surface area (Å²) in [5.74, 6) is 0.170. The summed E-state index contributed by atoms with van der Waals surface area (Å²) in [6, 6.07) is 16.3. The summed E-state index contributed by atoms with van der Waals surface area (Å²) in [7, 11) is 2.03. The van der Waals surface area contributed by atoms with Crippen LogP contribution < -0.4 is 0 Å². The number of hydrogen-bond acceptors (Lipinski definition) is 1. The molecule has 0 unspecified atom stereocenters. The third-order valence-corrected chi connectivity index (χ3v) is 4.33. The number of hydrogen-bond donors (Lipinski definition) is 0. The van der Waals surface area contributed by atoms with Crippen LogP contribution in [0.4, 0.5) is 0 Å². The van der Waals surface area contributed by atoms with Gasteiger partial charge in [-0.15, -0.1) is 0 Å². The van der Waals surface area contributed by atoms with Crippen LogP contribution in [0.15, 0.2) is 55.1 Å². The molecule has 2 nitrogen and oxygen atoms in total. The minimum atomic E-state index is 0.170. The van der Waals surface area contributed by atoms with Gasteiger partial charge < -0.3 is 4.57 Å². The second kappa shape index (κ2) is 5.88. The Bertz CT molecular complexity index is 900. The Labute approximate surface area is 137 Å². The van der Waals surface area contributed by atoms with Gasteiger partial charge in [0.15, 0.2) is 5.78 Å². The zero-order valence-electron chi connectivity index (χ0n) is 13.9. The molecule has 0 radical (unpaired) electrons. The van der Waals surface area contributed by atoms with E-state index in [2.05, 4.69) is 29.3 Å². The van der Waals surface area contributed by atoms with E-state index >= 15 is 0 Å². The number of rotatable bonds is 4. The second-order valence-corrected chi connectivity index (χ2v) is 5.91. The van der Waals surface area contributed by atoms with Crippen LogP contribution in [0.3, 0.4) is 0 Å². The lowest BCUT2D eigenvalue weighted by molar-refractivity contribution is 0.0990. The highest BCUT2D eigenvalue weighted by molar-refractivity contribution is 6.16. The topological polar surface area (TPSA) is 22.0 Å². The molecular formula is C21H21NO. The summed E-state index contributed by atoms with van der Waals surface area (Å²) in [5, 5.41) is 1.02. The van der Waals surface area contributed by atoms with Gasteiger partial charge >= 0.3 is 0 Å². The number of carbonyl (C=O) groups is 1. The van der Waals surface area contributed by atoms with Crippen molar-refractivity contribution in [3.05, 3.63) is 66.2 Å². The van der Waals surface area contributed by atoms with E-state index in [4.69, 9.17) is 0 Å². The molecule has 1 heterocycles. The van der Waals surface area contributed by atoms with Gasteiger partial charge in [0, 0.05) is 24.4 Å². The molecular weight excluding hydrogens is 282 g/mol. The first-order chi connectivity index (χ1) is 11.1. The van der Waals surface area contributed by atoms with Crippen LogP contribution >= 0.6 is 0 Å². The SMILES string of the molecule is C=C(C)c1cccc2c1c(C(=O)CC)c(-c1ccccc1)n2C. The van der Waals surface area contributed by atoms with Crippen LogP contribution in [0.25, 0.3) is 27.7 Å². The number of ketones is 1. The fourth-order valence-electron chi connectivity index (χ4n) is 3.23. The summed E-state index contributed by atoms with van der Waals surface area (Å²) in [4.78, 5) is 12.8. The van der Waals surface area contributed by atoms with E-state index in [0.29, 0.717) is 6.42 Å². The Morgan fingerprint density at radius 2 is 1.78 bits per heavy atom. The quantitative estimate of drug-likeness (QED) is 0.586. The zero-order valence-corrected chi connectivity index (χ0v) is 13.9. The number of Topliss-reactive ketones (excluding diaryl/α,β-unsaturated/α-hetero) is 1. The van der Waals surface area contributed by atoms with Crippen LogP contribution in [-0.4, -0.2) is 10.4 Å². The van der Waals surface area contributed by atoms with Gasteiger partial charge in [0.1, 0.15) is 0 Å². The minimum Gasteiger partial charge on any atom is -0.343 e. The summed E-state index contributed by atoms with van der Waals surface area (Å²) in [6.07, 6.45) is 0.490. The molecule has 0 aliphatic rings. The highest BCUT2D eigenvalue weighted by Crippen LogP contribution is 2.37. The van der Waals surface area contributed by atoms with Gasteiger partial charge in [0.2, 0.25) is 0 Å². The fraction of sp³-hybridized carbons (Fsp3) is 0.190. The number of benzene rings is 2. The highest BCUT2D eigenvalue weighted by atomic mass is 16.1. The van der Waals surface area contributed by atoms with Crippen molar-refractivity contribution in [2.24, 2.45) is 7.05 Å². The van der Waals surface area contributed by atoms with Crippen molar-refractivity contribution >= 4 is 22.3 Å². The average molecular weight is 303 g/mol. The van der Waals surface area contributed by atoms with Crippen molar-refractivity contribution in [2.45, 2.75) is 20.3 Å². The summed E-state index contributed by atoms with van der Waals surface area (Å²) in [5.41, 5.74) is 5.97. The number of fused-ring (bicyclic) bond motifs is 1. The predicted octanol–water partition coefficient (Wildman–Crippen LogP) is 5.47. The molecule has 0 spiro atoms. The minimum absolute atomic E-state index is 0.170. The molecule has 0 N–H and O–H groups in total. The first kappa shape index (κ1) is 15.3. The molecule has 23 heavy (non-hydrogen) atoms. The normalized spacial score (nSPS) is 10.9. The Hall–Kier alpha value is -2.61. The molecule has 0 atom stereocenters. The van der Waals surface area contributed by atoms with Crippen molar-refractivity contribution in [1.82, 2.24) is 4.57 Å². The maximum absolute atomic E-state index is 12.8. The Balaban J connectivity index is 2.50. The van der Waals surface area contributed by atoms with Crippen molar-refractivity contribution in [1.29, 1.82) is 0 Å². The molecule has 1 aromatic heterocycles. The summed E-state index contributed by atoms with van der Waals surface area (Å²) >= 11 is 0. The molecule has 0 aliphatic heterocycles. The maximum atomic E-state index is 12.8. The largest absolute Gasteiger partial charge is 0.343 e. The molecule has 0 fully saturated rings. The molecule has 2 aromatic carbocycles. The van der Waals surface area contributed by atoms with Crippen molar-refractivity contribution < 1.29 is 4.79 Å². The van der Waals surface area contributed by atoms with Gasteiger partial charge in [0.25, 0.3) is 0 Å². The maximum Gasteiger partial charge on any atom is 0.165 e. The molecule has 0 saturated carbocycles. The summed E-state index contributed by atoms with van der Waals surface area (Å²) in [6.45, 7) is 8.00. The molecule has 3 aromatic rings. The smallest absolute Gasteiger partial charge is 0.165 e. The van der Waals surface area contributed by atoms with E-state index in [9.17, 15) is 4.79 Å². The van der Waals surface area contributed by atoms with Gasteiger partial charge in [-0.2, -0.15) is 0 Å². The van der Waals surface area contributed by atoms with Gasteiger partial charge in [-0.05, 0) is 24.1 Å². The molecule has 0 aliphatic carbocycles. The third-order valence-electron chi connectivity index (χ3n) is 4.33. The van der Waals surface area contributed by atoms with Gasteiger partial charge in [0.05, 0.1) is 11.3 Å². The average Bonchev–Trinajstić information content (AvgIpc) is 2.88. The monoisotopic (exact) mass is 303 g/mol. The molecule has 116 valence electrons. The van der Waals surface area contributed by atoms with Crippen LogP contribution in [-0.2, 0) is 7.05 Å². The Morgan fingerprint density at radius 1 is 1.09 bits per heavy atom. The lowest BCUT2D eigenvalue weighted by atomic mass is 9.95. The molecule has 3 rings (SSSR count). The van der Waals surface area contributed by atoms with E-state index in [1.54, 1.807) is 0 Å². The number of nitrogens with zero attached hydrogens (tertiary/aromatic N) is 1. The molecule has 2 heteroatoms. The van der Waals surface area contributed by atoms with Crippen molar-refractivity contribution in [2.75, 3.05) is 0 Å². The molecule has 0 bridgehead atoms. The zero-order chi connectivity index (χ0) is 16.6. The number of allylic oxidation sites excluding steroid dienone is 1. The highest BCUT2D eigenvalue weighted by Gasteiger charge is 2.23. The van der Waals surface area contributed by atoms with Crippen LogP contribution in [0.1, 0.15) is 36.2 Å². The van der Waals surface area contributed by atoms with Gasteiger partial charge in [-0.25, -0.2) is 0 Å². The number of carbonyl (C=O) groups excluding carboxylic acids is 1. The first-order valence-electron chi connectivity index (χ1n) is 7.92. The van der Waals surface area contributed by atoms with E-state index in [1.165, 1.54) is 0 Å². The third kappa shape index (κ3) is 2.40.